The first-order chi connectivity index (χ1) is 12.7. The molecule has 0 atom stereocenters. The van der Waals surface area contributed by atoms with Crippen molar-refractivity contribution < 1.29 is 0 Å². The van der Waals surface area contributed by atoms with Crippen molar-refractivity contribution in [3.05, 3.63) is 36.1 Å². The Morgan fingerprint density at radius 2 is 1.92 bits per heavy atom. The second kappa shape index (κ2) is 7.31. The third kappa shape index (κ3) is 3.79. The van der Waals surface area contributed by atoms with Crippen LogP contribution in [-0.4, -0.2) is 39.5 Å². The van der Waals surface area contributed by atoms with Crippen LogP contribution >= 0.6 is 0 Å². The monoisotopic (exact) mass is 352 g/mol. The summed E-state index contributed by atoms with van der Waals surface area (Å²) in [5.74, 6) is 2.96. The van der Waals surface area contributed by atoms with E-state index in [4.69, 9.17) is 10.1 Å². The molecule has 0 unspecified atom stereocenters. The highest BCUT2D eigenvalue weighted by Gasteiger charge is 2.20. The van der Waals surface area contributed by atoms with Gasteiger partial charge in [-0.1, -0.05) is 19.3 Å². The van der Waals surface area contributed by atoms with Crippen molar-refractivity contribution in [2.45, 2.75) is 59.0 Å². The van der Waals surface area contributed by atoms with E-state index in [-0.39, 0.29) is 0 Å². The van der Waals surface area contributed by atoms with Crippen molar-refractivity contribution in [3.63, 3.8) is 0 Å². The first-order valence-electron chi connectivity index (χ1n) is 9.26. The first-order valence-corrected chi connectivity index (χ1v) is 9.26. The molecule has 4 rings (SSSR count). The van der Waals surface area contributed by atoms with Gasteiger partial charge in [0.15, 0.2) is 11.6 Å². The van der Waals surface area contributed by atoms with Gasteiger partial charge >= 0.3 is 0 Å². The summed E-state index contributed by atoms with van der Waals surface area (Å²) in [4.78, 5) is 17.7. The van der Waals surface area contributed by atoms with Gasteiger partial charge in [-0.25, -0.2) is 29.3 Å². The lowest BCUT2D eigenvalue weighted by Crippen LogP contribution is -2.16. The average molecular weight is 352 g/mol. The fourth-order valence-corrected chi connectivity index (χ4v) is 3.68. The molecule has 0 amide bonds. The summed E-state index contributed by atoms with van der Waals surface area (Å²) in [6, 6.07) is 1.98. The molecule has 0 aliphatic heterocycles. The smallest absolute Gasteiger partial charge is 0.177 e. The van der Waals surface area contributed by atoms with Crippen LogP contribution in [0.1, 0.15) is 49.4 Å². The maximum atomic E-state index is 4.78. The van der Waals surface area contributed by atoms with E-state index in [1.54, 1.807) is 11.0 Å². The lowest BCUT2D eigenvalue weighted by atomic mass is 9.89. The van der Waals surface area contributed by atoms with Crippen LogP contribution < -0.4 is 0 Å². The molecule has 3 aromatic heterocycles. The minimum atomic E-state index is 0.508. The molecular weight excluding hydrogens is 328 g/mol. The molecule has 1 saturated carbocycles. The van der Waals surface area contributed by atoms with Gasteiger partial charge in [0.2, 0.25) is 0 Å². The zero-order chi connectivity index (χ0) is 17.9. The zero-order valence-corrected chi connectivity index (χ0v) is 15.3. The van der Waals surface area contributed by atoms with Gasteiger partial charge in [0.25, 0.3) is 0 Å². The van der Waals surface area contributed by atoms with Crippen molar-refractivity contribution in [2.75, 3.05) is 0 Å². The molecule has 0 aromatic carbocycles. The molecule has 0 radical (unpaired) electrons. The third-order valence-corrected chi connectivity index (χ3v) is 4.84. The summed E-state index contributed by atoms with van der Waals surface area (Å²) in [7, 11) is 0. The SMILES string of the molecule is Cc1cc(-c2nc(Cn3cncn3)nn2CC2CCCCC2)nc(C)n1. The highest BCUT2D eigenvalue weighted by atomic mass is 15.4. The van der Waals surface area contributed by atoms with E-state index in [2.05, 4.69) is 20.1 Å². The first kappa shape index (κ1) is 16.8. The molecule has 1 aliphatic rings. The molecule has 0 saturated heterocycles. The summed E-state index contributed by atoms with van der Waals surface area (Å²) >= 11 is 0. The average Bonchev–Trinajstić information content (AvgIpc) is 3.25. The van der Waals surface area contributed by atoms with Gasteiger partial charge in [0.05, 0.1) is 0 Å². The Labute approximate surface area is 152 Å². The minimum absolute atomic E-state index is 0.508. The predicted octanol–water partition coefficient (Wildman–Crippen LogP) is 2.57. The van der Waals surface area contributed by atoms with Crippen LogP contribution in [0.15, 0.2) is 18.7 Å². The minimum Gasteiger partial charge on any atom is -0.245 e. The molecule has 0 spiro atoms. The summed E-state index contributed by atoms with van der Waals surface area (Å²) in [6.45, 7) is 5.29. The Morgan fingerprint density at radius 1 is 1.08 bits per heavy atom. The van der Waals surface area contributed by atoms with Crippen LogP contribution in [0.5, 0.6) is 0 Å². The van der Waals surface area contributed by atoms with Crippen molar-refractivity contribution in [3.8, 4) is 11.5 Å². The normalized spacial score (nSPS) is 15.5. The number of nitrogens with zero attached hydrogens (tertiary/aromatic N) is 8. The summed E-state index contributed by atoms with van der Waals surface area (Å²) in [6.07, 6.45) is 9.71. The molecule has 0 N–H and O–H groups in total. The molecule has 1 aliphatic carbocycles. The molecule has 0 bridgehead atoms. The van der Waals surface area contributed by atoms with E-state index in [0.29, 0.717) is 12.5 Å². The predicted molar refractivity (Wildman–Crippen MR) is 96.2 cm³/mol. The van der Waals surface area contributed by atoms with Gasteiger partial charge in [-0.2, -0.15) is 10.2 Å². The number of aryl methyl sites for hydroxylation is 2. The van der Waals surface area contributed by atoms with Crippen LogP contribution in [0, 0.1) is 19.8 Å². The van der Waals surface area contributed by atoms with Crippen LogP contribution in [0.2, 0.25) is 0 Å². The van der Waals surface area contributed by atoms with Crippen molar-refractivity contribution in [1.82, 2.24) is 39.5 Å². The lowest BCUT2D eigenvalue weighted by Gasteiger charge is -2.21. The van der Waals surface area contributed by atoms with Crippen molar-refractivity contribution in [2.24, 2.45) is 5.92 Å². The van der Waals surface area contributed by atoms with Gasteiger partial charge < -0.3 is 0 Å². The fourth-order valence-electron chi connectivity index (χ4n) is 3.68. The molecule has 8 heteroatoms. The van der Waals surface area contributed by atoms with Crippen LogP contribution in [0.25, 0.3) is 11.5 Å². The Hall–Kier alpha value is -2.64. The molecule has 26 heavy (non-hydrogen) atoms. The number of hydrogen-bond acceptors (Lipinski definition) is 6. The summed E-state index contributed by atoms with van der Waals surface area (Å²) < 4.78 is 3.77. The standard InChI is InChI=1S/C18H24N8/c1-13-8-16(22-14(2)21-13)18-23-17(10-25-12-19-11-20-25)24-26(18)9-15-6-4-3-5-7-15/h8,11-12,15H,3-7,9-10H2,1-2H3. The van der Waals surface area contributed by atoms with Gasteiger partial charge in [0, 0.05) is 12.2 Å². The van der Waals surface area contributed by atoms with Gasteiger partial charge in [-0.15, -0.1) is 0 Å². The maximum absolute atomic E-state index is 4.78. The third-order valence-electron chi connectivity index (χ3n) is 4.84. The van der Waals surface area contributed by atoms with Gasteiger partial charge in [0.1, 0.15) is 30.7 Å². The zero-order valence-electron chi connectivity index (χ0n) is 15.3. The molecule has 1 fully saturated rings. The van der Waals surface area contributed by atoms with Gasteiger partial charge in [-0.3, -0.25) is 0 Å². The highest BCUT2D eigenvalue weighted by Crippen LogP contribution is 2.26. The topological polar surface area (TPSA) is 87.2 Å². The van der Waals surface area contributed by atoms with E-state index >= 15 is 0 Å². The quantitative estimate of drug-likeness (QED) is 0.701. The van der Waals surface area contributed by atoms with Crippen molar-refractivity contribution >= 4 is 0 Å². The largest absolute Gasteiger partial charge is 0.245 e. The molecular formula is C18H24N8. The molecule has 3 heterocycles. The Bertz CT molecular complexity index is 841. The molecule has 3 aromatic rings. The molecule has 136 valence electrons. The Balaban J connectivity index is 1.67. The van der Waals surface area contributed by atoms with Gasteiger partial charge in [-0.05, 0) is 38.7 Å². The van der Waals surface area contributed by atoms with E-state index < -0.39 is 0 Å². The molecule has 8 nitrogen and oxygen atoms in total. The Kier molecular flexibility index (Phi) is 4.73. The summed E-state index contributed by atoms with van der Waals surface area (Å²) in [5.41, 5.74) is 1.78. The van der Waals surface area contributed by atoms with E-state index in [0.717, 1.165) is 35.4 Å². The second-order valence-corrected chi connectivity index (χ2v) is 7.07. The van der Waals surface area contributed by atoms with Crippen LogP contribution in [0.3, 0.4) is 0 Å². The van der Waals surface area contributed by atoms with Crippen molar-refractivity contribution in [1.29, 1.82) is 0 Å². The van der Waals surface area contributed by atoms with Crippen LogP contribution in [-0.2, 0) is 13.1 Å². The number of aromatic nitrogens is 8. The lowest BCUT2D eigenvalue weighted by molar-refractivity contribution is 0.308. The van der Waals surface area contributed by atoms with Crippen LogP contribution in [0.4, 0.5) is 0 Å². The highest BCUT2D eigenvalue weighted by molar-refractivity contribution is 5.50. The fraction of sp³-hybridized carbons (Fsp3) is 0.556. The summed E-state index contributed by atoms with van der Waals surface area (Å²) in [5, 5.41) is 8.93. The van der Waals surface area contributed by atoms with E-state index in [1.165, 1.54) is 38.4 Å². The van der Waals surface area contributed by atoms with E-state index in [1.807, 2.05) is 24.6 Å². The maximum Gasteiger partial charge on any atom is 0.177 e. The van der Waals surface area contributed by atoms with E-state index in [9.17, 15) is 0 Å². The Morgan fingerprint density at radius 3 is 2.65 bits per heavy atom. The number of rotatable bonds is 5. The number of hydrogen-bond donors (Lipinski definition) is 0. The second-order valence-electron chi connectivity index (χ2n) is 7.07.